The lowest BCUT2D eigenvalue weighted by atomic mass is 9.97. The van der Waals surface area contributed by atoms with E-state index in [2.05, 4.69) is 0 Å². The highest BCUT2D eigenvalue weighted by atomic mass is 16.5. The van der Waals surface area contributed by atoms with Crippen molar-refractivity contribution >= 4 is 11.8 Å². The van der Waals surface area contributed by atoms with Crippen LogP contribution in [0.2, 0.25) is 0 Å². The van der Waals surface area contributed by atoms with E-state index in [1.165, 1.54) is 0 Å². The second kappa shape index (κ2) is 7.82. The fourth-order valence-electron chi connectivity index (χ4n) is 1.53. The van der Waals surface area contributed by atoms with Crippen LogP contribution in [-0.4, -0.2) is 18.4 Å². The lowest BCUT2D eigenvalue weighted by molar-refractivity contribution is -0.138. The van der Waals surface area contributed by atoms with Gasteiger partial charge in [0, 0.05) is 11.5 Å². The van der Waals surface area contributed by atoms with Crippen LogP contribution in [0.3, 0.4) is 0 Å². The van der Waals surface area contributed by atoms with Gasteiger partial charge in [-0.15, -0.1) is 0 Å². The lowest BCUT2D eigenvalue weighted by Gasteiger charge is -2.08. The number of carbonyl (C=O) groups excluding carboxylic acids is 2. The minimum atomic E-state index is -0.357. The van der Waals surface area contributed by atoms with Gasteiger partial charge < -0.3 is 4.74 Å². The van der Waals surface area contributed by atoms with Crippen molar-refractivity contribution in [3.63, 3.8) is 0 Å². The van der Waals surface area contributed by atoms with Crippen molar-refractivity contribution in [1.82, 2.24) is 0 Å². The number of esters is 1. The maximum absolute atomic E-state index is 11.9. The zero-order valence-electron chi connectivity index (χ0n) is 11.4. The molecule has 0 aliphatic heterocycles. The minimum absolute atomic E-state index is 0.0514. The molecule has 1 unspecified atom stereocenters. The van der Waals surface area contributed by atoms with Crippen molar-refractivity contribution in [2.75, 3.05) is 6.61 Å². The van der Waals surface area contributed by atoms with Crippen molar-refractivity contribution in [3.05, 3.63) is 23.3 Å². The molecule has 0 heterocycles. The maximum atomic E-state index is 11.9. The SMILES string of the molecule is CC/C=C(\C)C(=O)C(C)/C=C(\C)C(=O)OCC. The molecule has 1 atom stereocenters. The minimum Gasteiger partial charge on any atom is -0.463 e. The topological polar surface area (TPSA) is 43.4 Å². The van der Waals surface area contributed by atoms with Crippen molar-refractivity contribution in [3.8, 4) is 0 Å². The molecule has 0 radical (unpaired) electrons. The van der Waals surface area contributed by atoms with E-state index in [1.807, 2.05) is 13.0 Å². The Morgan fingerprint density at radius 2 is 1.76 bits per heavy atom. The molecule has 0 rings (SSSR count). The van der Waals surface area contributed by atoms with E-state index in [4.69, 9.17) is 4.74 Å². The van der Waals surface area contributed by atoms with Crippen LogP contribution >= 0.6 is 0 Å². The van der Waals surface area contributed by atoms with Crippen molar-refractivity contribution < 1.29 is 14.3 Å². The molecule has 0 aromatic rings. The summed E-state index contributed by atoms with van der Waals surface area (Å²) >= 11 is 0. The van der Waals surface area contributed by atoms with E-state index in [9.17, 15) is 9.59 Å². The van der Waals surface area contributed by atoms with Crippen LogP contribution in [-0.2, 0) is 14.3 Å². The highest BCUT2D eigenvalue weighted by Gasteiger charge is 2.14. The van der Waals surface area contributed by atoms with Crippen LogP contribution in [0.1, 0.15) is 41.0 Å². The molecular weight excluding hydrogens is 216 g/mol. The number of allylic oxidation sites excluding steroid dienone is 3. The summed E-state index contributed by atoms with van der Waals surface area (Å²) in [6, 6.07) is 0. The first-order chi connectivity index (χ1) is 7.93. The summed E-state index contributed by atoms with van der Waals surface area (Å²) in [5.74, 6) is -0.595. The Hall–Kier alpha value is -1.38. The first-order valence-corrected chi connectivity index (χ1v) is 6.00. The van der Waals surface area contributed by atoms with Crippen LogP contribution in [0.5, 0.6) is 0 Å². The number of hydrogen-bond acceptors (Lipinski definition) is 3. The number of carbonyl (C=O) groups is 2. The molecule has 0 saturated heterocycles. The first-order valence-electron chi connectivity index (χ1n) is 6.00. The van der Waals surface area contributed by atoms with Crippen LogP contribution in [0.25, 0.3) is 0 Å². The monoisotopic (exact) mass is 238 g/mol. The molecule has 0 bridgehead atoms. The number of ketones is 1. The van der Waals surface area contributed by atoms with E-state index in [-0.39, 0.29) is 17.7 Å². The standard InChI is InChI=1S/C14H22O3/c1-6-8-10(3)13(15)11(4)9-12(5)14(16)17-7-2/h8-9,11H,6-7H2,1-5H3/b10-8+,12-9+. The molecule has 17 heavy (non-hydrogen) atoms. The normalized spacial score (nSPS) is 14.4. The summed E-state index contributed by atoms with van der Waals surface area (Å²) in [7, 11) is 0. The third kappa shape index (κ3) is 5.48. The van der Waals surface area contributed by atoms with Gasteiger partial charge in [0.1, 0.15) is 0 Å². The fourth-order valence-corrected chi connectivity index (χ4v) is 1.53. The molecule has 0 amide bonds. The summed E-state index contributed by atoms with van der Waals surface area (Å²) < 4.78 is 4.86. The maximum Gasteiger partial charge on any atom is 0.333 e. The fraction of sp³-hybridized carbons (Fsp3) is 0.571. The number of ether oxygens (including phenoxy) is 1. The molecule has 0 aromatic heterocycles. The highest BCUT2D eigenvalue weighted by Crippen LogP contribution is 2.11. The molecule has 0 N–H and O–H groups in total. The van der Waals surface area contributed by atoms with Gasteiger partial charge in [0.25, 0.3) is 0 Å². The second-order valence-electron chi connectivity index (χ2n) is 4.02. The predicted molar refractivity (Wildman–Crippen MR) is 68.6 cm³/mol. The molecule has 0 aliphatic rings. The van der Waals surface area contributed by atoms with Gasteiger partial charge in [-0.2, -0.15) is 0 Å². The quantitative estimate of drug-likeness (QED) is 0.527. The summed E-state index contributed by atoms with van der Waals surface area (Å²) in [6.07, 6.45) is 4.39. The summed E-state index contributed by atoms with van der Waals surface area (Å²) in [5, 5.41) is 0. The van der Waals surface area contributed by atoms with E-state index in [0.717, 1.165) is 12.0 Å². The number of rotatable bonds is 6. The predicted octanol–water partition coefficient (Wildman–Crippen LogP) is 3.06. The summed E-state index contributed by atoms with van der Waals surface area (Å²) in [5.41, 5.74) is 1.23. The Bertz CT molecular complexity index is 337. The summed E-state index contributed by atoms with van der Waals surface area (Å²) in [4.78, 5) is 23.3. The van der Waals surface area contributed by atoms with Gasteiger partial charge >= 0.3 is 5.97 Å². The van der Waals surface area contributed by atoms with Gasteiger partial charge in [-0.05, 0) is 32.8 Å². The smallest absolute Gasteiger partial charge is 0.333 e. The molecule has 3 nitrogen and oxygen atoms in total. The van der Waals surface area contributed by atoms with E-state index in [0.29, 0.717) is 12.2 Å². The third-order valence-corrected chi connectivity index (χ3v) is 2.41. The summed E-state index contributed by atoms with van der Waals surface area (Å²) in [6.45, 7) is 9.35. The molecule has 0 fully saturated rings. The van der Waals surface area contributed by atoms with Crippen LogP contribution < -0.4 is 0 Å². The van der Waals surface area contributed by atoms with Crippen molar-refractivity contribution in [2.24, 2.45) is 5.92 Å². The zero-order valence-corrected chi connectivity index (χ0v) is 11.4. The first kappa shape index (κ1) is 15.6. The molecule has 0 aromatic carbocycles. The average Bonchev–Trinajstić information content (AvgIpc) is 2.28. The Morgan fingerprint density at radius 1 is 1.18 bits per heavy atom. The van der Waals surface area contributed by atoms with Gasteiger partial charge in [-0.3, -0.25) is 4.79 Å². The Kier molecular flexibility index (Phi) is 7.19. The van der Waals surface area contributed by atoms with Crippen molar-refractivity contribution in [2.45, 2.75) is 41.0 Å². The highest BCUT2D eigenvalue weighted by molar-refractivity contribution is 5.98. The molecule has 96 valence electrons. The molecule has 0 aliphatic carbocycles. The number of Topliss-reactive ketones (excluding diaryl/α,β-unsaturated/α-hetero) is 1. The Labute approximate surface area is 104 Å². The van der Waals surface area contributed by atoms with Gasteiger partial charge in [-0.1, -0.05) is 26.0 Å². The van der Waals surface area contributed by atoms with E-state index < -0.39 is 0 Å². The Balaban J connectivity index is 4.67. The third-order valence-electron chi connectivity index (χ3n) is 2.41. The van der Waals surface area contributed by atoms with E-state index in [1.54, 1.807) is 33.8 Å². The van der Waals surface area contributed by atoms with Crippen LogP contribution in [0.4, 0.5) is 0 Å². The molecule has 0 saturated carbocycles. The molecular formula is C14H22O3. The van der Waals surface area contributed by atoms with Crippen molar-refractivity contribution in [1.29, 1.82) is 0 Å². The second-order valence-corrected chi connectivity index (χ2v) is 4.02. The van der Waals surface area contributed by atoms with Gasteiger partial charge in [-0.25, -0.2) is 4.79 Å². The van der Waals surface area contributed by atoms with Crippen LogP contribution in [0.15, 0.2) is 23.3 Å². The zero-order chi connectivity index (χ0) is 13.4. The Morgan fingerprint density at radius 3 is 2.24 bits per heavy atom. The average molecular weight is 238 g/mol. The van der Waals surface area contributed by atoms with Gasteiger partial charge in [0.05, 0.1) is 6.61 Å². The van der Waals surface area contributed by atoms with Gasteiger partial charge in [0.2, 0.25) is 0 Å². The van der Waals surface area contributed by atoms with E-state index >= 15 is 0 Å². The largest absolute Gasteiger partial charge is 0.463 e. The van der Waals surface area contributed by atoms with Crippen LogP contribution in [0, 0.1) is 5.92 Å². The molecule has 3 heteroatoms. The molecule has 0 spiro atoms. The van der Waals surface area contributed by atoms with Gasteiger partial charge in [0.15, 0.2) is 5.78 Å². The lowest BCUT2D eigenvalue weighted by Crippen LogP contribution is -2.13. The number of hydrogen-bond donors (Lipinski definition) is 0.